The zero-order valence-electron chi connectivity index (χ0n) is 10.4. The summed E-state index contributed by atoms with van der Waals surface area (Å²) >= 11 is 1.96. The minimum Gasteiger partial charge on any atom is -0.354 e. The fourth-order valence-electron chi connectivity index (χ4n) is 3.08. The Labute approximate surface area is 110 Å². The van der Waals surface area contributed by atoms with E-state index in [9.17, 15) is 0 Å². The lowest BCUT2D eigenvalue weighted by Gasteiger charge is -1.98. The molecule has 0 spiro atoms. The van der Waals surface area contributed by atoms with Crippen molar-refractivity contribution in [3.63, 3.8) is 0 Å². The molecule has 0 fully saturated rings. The molecule has 1 aromatic carbocycles. The first kappa shape index (κ1) is 10.4. The van der Waals surface area contributed by atoms with Crippen molar-refractivity contribution in [3.8, 4) is 11.3 Å². The fraction of sp³-hybridized carbons (Fsp3) is 0.250. The first-order valence-corrected chi connectivity index (χ1v) is 7.34. The number of aromatic amines is 1. The zero-order chi connectivity index (χ0) is 12.1. The standard InChI is InChI=1S/C16H15NS/c1-10-9-13-15(18-10)8-4-6-12-11-5-2-3-7-14(11)17-16(12)13/h2-3,5,7,9,17H,4,6,8H2,1H3. The molecule has 0 amide bonds. The average Bonchev–Trinajstić information content (AvgIpc) is 2.87. The van der Waals surface area contributed by atoms with Gasteiger partial charge in [-0.25, -0.2) is 0 Å². The molecule has 18 heavy (non-hydrogen) atoms. The Kier molecular flexibility index (Phi) is 2.15. The second-order valence-electron chi connectivity index (χ2n) is 5.07. The van der Waals surface area contributed by atoms with Crippen molar-refractivity contribution >= 4 is 22.2 Å². The first-order chi connectivity index (χ1) is 8.83. The van der Waals surface area contributed by atoms with Crippen molar-refractivity contribution < 1.29 is 0 Å². The molecule has 0 saturated heterocycles. The molecule has 0 aliphatic heterocycles. The number of aryl methyl sites for hydroxylation is 3. The van der Waals surface area contributed by atoms with E-state index in [1.807, 2.05) is 11.3 Å². The monoisotopic (exact) mass is 253 g/mol. The van der Waals surface area contributed by atoms with E-state index >= 15 is 0 Å². The van der Waals surface area contributed by atoms with Crippen LogP contribution < -0.4 is 0 Å². The Hall–Kier alpha value is -1.54. The van der Waals surface area contributed by atoms with Crippen molar-refractivity contribution in [2.24, 2.45) is 0 Å². The molecule has 0 unspecified atom stereocenters. The van der Waals surface area contributed by atoms with Crippen molar-refractivity contribution in [1.82, 2.24) is 4.98 Å². The number of rotatable bonds is 0. The summed E-state index contributed by atoms with van der Waals surface area (Å²) in [5.74, 6) is 0. The van der Waals surface area contributed by atoms with Gasteiger partial charge >= 0.3 is 0 Å². The molecule has 4 rings (SSSR count). The van der Waals surface area contributed by atoms with Gasteiger partial charge in [0.1, 0.15) is 0 Å². The van der Waals surface area contributed by atoms with E-state index in [0.717, 1.165) is 0 Å². The number of aromatic nitrogens is 1. The highest BCUT2D eigenvalue weighted by Gasteiger charge is 2.20. The molecule has 0 radical (unpaired) electrons. The van der Waals surface area contributed by atoms with Gasteiger partial charge in [-0.05, 0) is 43.9 Å². The largest absolute Gasteiger partial charge is 0.354 e. The van der Waals surface area contributed by atoms with E-state index in [0.29, 0.717) is 0 Å². The van der Waals surface area contributed by atoms with Crippen molar-refractivity contribution in [2.45, 2.75) is 26.2 Å². The summed E-state index contributed by atoms with van der Waals surface area (Å²) < 4.78 is 0. The molecular formula is C16H15NS. The summed E-state index contributed by atoms with van der Waals surface area (Å²) in [4.78, 5) is 6.61. The van der Waals surface area contributed by atoms with Crippen LogP contribution in [0.15, 0.2) is 30.3 Å². The highest BCUT2D eigenvalue weighted by atomic mass is 32.1. The smallest absolute Gasteiger partial charge is 0.0508 e. The van der Waals surface area contributed by atoms with Crippen LogP contribution in [0.25, 0.3) is 22.2 Å². The number of H-pyrrole nitrogens is 1. The van der Waals surface area contributed by atoms with E-state index in [2.05, 4.69) is 42.2 Å². The summed E-state index contributed by atoms with van der Waals surface area (Å²) in [5, 5.41) is 1.41. The Morgan fingerprint density at radius 3 is 3.00 bits per heavy atom. The lowest BCUT2D eigenvalue weighted by Crippen LogP contribution is -1.83. The van der Waals surface area contributed by atoms with Gasteiger partial charge in [0, 0.05) is 26.2 Å². The third kappa shape index (κ3) is 1.39. The highest BCUT2D eigenvalue weighted by Crippen LogP contribution is 2.39. The number of para-hydroxylation sites is 1. The molecule has 2 heterocycles. The van der Waals surface area contributed by atoms with Gasteiger partial charge in [-0.15, -0.1) is 11.3 Å². The third-order valence-electron chi connectivity index (χ3n) is 3.85. The molecule has 90 valence electrons. The van der Waals surface area contributed by atoms with Crippen LogP contribution in [0.3, 0.4) is 0 Å². The Balaban J connectivity index is 2.08. The van der Waals surface area contributed by atoms with Crippen LogP contribution in [-0.2, 0) is 12.8 Å². The second-order valence-corrected chi connectivity index (χ2v) is 6.41. The number of nitrogens with one attached hydrogen (secondary N) is 1. The number of hydrogen-bond acceptors (Lipinski definition) is 1. The van der Waals surface area contributed by atoms with E-state index in [4.69, 9.17) is 0 Å². The molecule has 1 aliphatic carbocycles. The summed E-state index contributed by atoms with van der Waals surface area (Å²) in [6.07, 6.45) is 3.69. The predicted molar refractivity (Wildman–Crippen MR) is 78.4 cm³/mol. The minimum atomic E-state index is 1.19. The lowest BCUT2D eigenvalue weighted by atomic mass is 10.1. The van der Waals surface area contributed by atoms with Crippen LogP contribution in [0.5, 0.6) is 0 Å². The molecule has 1 aliphatic rings. The lowest BCUT2D eigenvalue weighted by molar-refractivity contribution is 0.848. The zero-order valence-corrected chi connectivity index (χ0v) is 11.2. The number of hydrogen-bond donors (Lipinski definition) is 1. The molecule has 0 atom stereocenters. The molecular weight excluding hydrogens is 238 g/mol. The maximum atomic E-state index is 3.63. The third-order valence-corrected chi connectivity index (χ3v) is 4.96. The van der Waals surface area contributed by atoms with Gasteiger partial charge in [-0.3, -0.25) is 0 Å². The molecule has 0 saturated carbocycles. The quantitative estimate of drug-likeness (QED) is 0.598. The Morgan fingerprint density at radius 2 is 2.06 bits per heavy atom. The normalized spacial score (nSPS) is 14.3. The van der Waals surface area contributed by atoms with Gasteiger partial charge < -0.3 is 4.98 Å². The van der Waals surface area contributed by atoms with Crippen molar-refractivity contribution in [3.05, 3.63) is 45.6 Å². The molecule has 3 aromatic rings. The number of fused-ring (bicyclic) bond motifs is 5. The Bertz CT molecular complexity index is 733. The van der Waals surface area contributed by atoms with E-state index in [-0.39, 0.29) is 0 Å². The molecule has 2 heteroatoms. The van der Waals surface area contributed by atoms with Crippen LogP contribution in [0.2, 0.25) is 0 Å². The topological polar surface area (TPSA) is 15.8 Å². The van der Waals surface area contributed by atoms with Gasteiger partial charge in [0.15, 0.2) is 0 Å². The maximum Gasteiger partial charge on any atom is 0.0508 e. The summed E-state index contributed by atoms with van der Waals surface area (Å²) in [5.41, 5.74) is 5.61. The van der Waals surface area contributed by atoms with Gasteiger partial charge in [0.05, 0.1) is 5.69 Å². The van der Waals surface area contributed by atoms with Gasteiger partial charge in [-0.1, -0.05) is 18.2 Å². The first-order valence-electron chi connectivity index (χ1n) is 6.52. The second kappa shape index (κ2) is 3.72. The van der Waals surface area contributed by atoms with Crippen LogP contribution in [0.1, 0.15) is 21.7 Å². The molecule has 0 bridgehead atoms. The highest BCUT2D eigenvalue weighted by molar-refractivity contribution is 7.12. The predicted octanol–water partition coefficient (Wildman–Crippen LogP) is 4.69. The fourth-order valence-corrected chi connectivity index (χ4v) is 4.16. The van der Waals surface area contributed by atoms with Crippen molar-refractivity contribution in [2.75, 3.05) is 0 Å². The SMILES string of the molecule is Cc1cc2c(s1)CCCc1c-2[nH]c2ccccc12. The van der Waals surface area contributed by atoms with Gasteiger partial charge in [0.2, 0.25) is 0 Å². The van der Waals surface area contributed by atoms with Gasteiger partial charge in [-0.2, -0.15) is 0 Å². The summed E-state index contributed by atoms with van der Waals surface area (Å²) in [6, 6.07) is 11.0. The molecule has 1 nitrogen and oxygen atoms in total. The van der Waals surface area contributed by atoms with E-state index < -0.39 is 0 Å². The van der Waals surface area contributed by atoms with Crippen LogP contribution in [0, 0.1) is 6.92 Å². The van der Waals surface area contributed by atoms with E-state index in [1.54, 1.807) is 4.88 Å². The maximum absolute atomic E-state index is 3.63. The average molecular weight is 253 g/mol. The van der Waals surface area contributed by atoms with Gasteiger partial charge in [0.25, 0.3) is 0 Å². The Morgan fingerprint density at radius 1 is 1.17 bits per heavy atom. The van der Waals surface area contributed by atoms with E-state index in [1.165, 1.54) is 51.9 Å². The van der Waals surface area contributed by atoms with Crippen LogP contribution in [-0.4, -0.2) is 4.98 Å². The number of thiophene rings is 1. The molecule has 2 aromatic heterocycles. The minimum absolute atomic E-state index is 1.19. The molecule has 1 N–H and O–H groups in total. The van der Waals surface area contributed by atoms with Crippen molar-refractivity contribution in [1.29, 1.82) is 0 Å². The van der Waals surface area contributed by atoms with Crippen LogP contribution in [0.4, 0.5) is 0 Å². The summed E-state index contributed by atoms with van der Waals surface area (Å²) in [6.45, 7) is 2.21. The number of benzene rings is 1. The summed E-state index contributed by atoms with van der Waals surface area (Å²) in [7, 11) is 0. The van der Waals surface area contributed by atoms with Crippen LogP contribution >= 0.6 is 11.3 Å².